The molecule has 4 heteroatoms. The van der Waals surface area contributed by atoms with E-state index < -0.39 is 0 Å². The average molecular weight is 312 g/mol. The van der Waals surface area contributed by atoms with E-state index in [0.717, 1.165) is 25.3 Å². The largest absolute Gasteiger partial charge is 0.385 e. The Morgan fingerprint density at radius 2 is 2.05 bits per heavy atom. The molecule has 1 aliphatic rings. The quantitative estimate of drug-likeness (QED) is 0.922. The zero-order valence-electron chi connectivity index (χ0n) is 12.3. The van der Waals surface area contributed by atoms with Crippen LogP contribution in [0.1, 0.15) is 12.0 Å². The lowest BCUT2D eigenvalue weighted by Gasteiger charge is -2.19. The minimum atomic E-state index is 0.504. The summed E-state index contributed by atoms with van der Waals surface area (Å²) in [6.07, 6.45) is 1.19. The molecule has 1 unspecified atom stereocenters. The molecule has 1 fully saturated rings. The minimum Gasteiger partial charge on any atom is -0.385 e. The van der Waals surface area contributed by atoms with Crippen LogP contribution in [0.15, 0.2) is 48.5 Å². The first-order valence-corrected chi connectivity index (χ1v) is 7.87. The van der Waals surface area contributed by atoms with Crippen molar-refractivity contribution in [3.63, 3.8) is 0 Å². The van der Waals surface area contributed by atoms with Crippen molar-refractivity contribution in [1.29, 1.82) is 5.26 Å². The summed E-state index contributed by atoms with van der Waals surface area (Å²) in [5.41, 5.74) is 2.79. The maximum atomic E-state index is 8.89. The molecule has 1 aliphatic heterocycles. The van der Waals surface area contributed by atoms with Crippen molar-refractivity contribution in [2.45, 2.75) is 6.42 Å². The van der Waals surface area contributed by atoms with Crippen molar-refractivity contribution in [3.8, 4) is 6.07 Å². The molecule has 0 saturated carbocycles. The Morgan fingerprint density at radius 3 is 2.77 bits per heavy atom. The molecule has 1 saturated heterocycles. The van der Waals surface area contributed by atoms with Crippen LogP contribution in [0.4, 0.5) is 11.4 Å². The van der Waals surface area contributed by atoms with Crippen LogP contribution < -0.4 is 10.2 Å². The third kappa shape index (κ3) is 3.35. The van der Waals surface area contributed by atoms with Gasteiger partial charge < -0.3 is 10.2 Å². The van der Waals surface area contributed by atoms with E-state index in [4.69, 9.17) is 16.9 Å². The highest BCUT2D eigenvalue weighted by Gasteiger charge is 2.22. The Labute approximate surface area is 136 Å². The molecule has 2 aromatic rings. The van der Waals surface area contributed by atoms with Crippen LogP contribution in [0.25, 0.3) is 0 Å². The van der Waals surface area contributed by atoms with Crippen LogP contribution in [0.3, 0.4) is 0 Å². The number of nitrogens with zero attached hydrogens (tertiary/aromatic N) is 2. The molecule has 3 nitrogen and oxygen atoms in total. The van der Waals surface area contributed by atoms with E-state index in [-0.39, 0.29) is 0 Å². The summed E-state index contributed by atoms with van der Waals surface area (Å²) in [6.45, 7) is 3.09. The van der Waals surface area contributed by atoms with Crippen LogP contribution in [0, 0.1) is 17.2 Å². The van der Waals surface area contributed by atoms with Crippen molar-refractivity contribution >= 4 is 23.0 Å². The normalized spacial score (nSPS) is 17.3. The molecule has 0 spiro atoms. The Kier molecular flexibility index (Phi) is 4.50. The van der Waals surface area contributed by atoms with E-state index >= 15 is 0 Å². The van der Waals surface area contributed by atoms with E-state index in [1.54, 1.807) is 6.07 Å². The molecule has 112 valence electrons. The van der Waals surface area contributed by atoms with Gasteiger partial charge in [-0.3, -0.25) is 0 Å². The molecule has 0 bridgehead atoms. The molecule has 1 heterocycles. The van der Waals surface area contributed by atoms with Gasteiger partial charge in [0.1, 0.15) is 6.07 Å². The van der Waals surface area contributed by atoms with E-state index in [1.165, 1.54) is 12.1 Å². The van der Waals surface area contributed by atoms with Crippen LogP contribution >= 0.6 is 11.6 Å². The van der Waals surface area contributed by atoms with Crippen molar-refractivity contribution in [3.05, 3.63) is 59.1 Å². The molecule has 1 atom stereocenters. The van der Waals surface area contributed by atoms with Crippen molar-refractivity contribution in [1.82, 2.24) is 0 Å². The number of halogens is 1. The minimum absolute atomic E-state index is 0.504. The van der Waals surface area contributed by atoms with E-state index in [2.05, 4.69) is 40.6 Å². The number of hydrogen-bond acceptors (Lipinski definition) is 3. The van der Waals surface area contributed by atoms with Gasteiger partial charge in [0.25, 0.3) is 0 Å². The second-order valence-electron chi connectivity index (χ2n) is 5.62. The Balaban J connectivity index is 1.55. The van der Waals surface area contributed by atoms with Gasteiger partial charge in [0.05, 0.1) is 10.6 Å². The molecule has 0 radical (unpaired) electrons. The molecular formula is C18H18ClN3. The first-order chi connectivity index (χ1) is 10.8. The molecule has 0 aromatic heterocycles. The fourth-order valence-corrected chi connectivity index (χ4v) is 3.07. The number of nitrogens with one attached hydrogen (secondary N) is 1. The number of rotatable bonds is 4. The van der Waals surface area contributed by atoms with E-state index in [0.29, 0.717) is 16.5 Å². The van der Waals surface area contributed by atoms with Gasteiger partial charge >= 0.3 is 0 Å². The van der Waals surface area contributed by atoms with Crippen LogP contribution in [-0.4, -0.2) is 19.6 Å². The fraction of sp³-hybridized carbons (Fsp3) is 0.278. The summed E-state index contributed by atoms with van der Waals surface area (Å²) < 4.78 is 0. The lowest BCUT2D eigenvalue weighted by molar-refractivity contribution is 0.622. The topological polar surface area (TPSA) is 39.1 Å². The molecule has 1 N–H and O–H groups in total. The SMILES string of the molecule is N#Cc1ccc(NCC2CCN(c3ccccc3)C2)cc1Cl. The number of benzene rings is 2. The van der Waals surface area contributed by atoms with Crippen molar-refractivity contribution in [2.24, 2.45) is 5.92 Å². The monoisotopic (exact) mass is 311 g/mol. The molecule has 3 rings (SSSR count). The molecular weight excluding hydrogens is 294 g/mol. The molecule has 22 heavy (non-hydrogen) atoms. The van der Waals surface area contributed by atoms with Crippen molar-refractivity contribution in [2.75, 3.05) is 29.9 Å². The Bertz CT molecular complexity index is 678. The zero-order chi connectivity index (χ0) is 15.4. The third-order valence-electron chi connectivity index (χ3n) is 4.09. The number of nitriles is 1. The average Bonchev–Trinajstić information content (AvgIpc) is 3.03. The maximum absolute atomic E-state index is 8.89. The lowest BCUT2D eigenvalue weighted by atomic mass is 10.1. The molecule has 0 aliphatic carbocycles. The second kappa shape index (κ2) is 6.72. The summed E-state index contributed by atoms with van der Waals surface area (Å²) in [6, 6.07) is 18.1. The summed E-state index contributed by atoms with van der Waals surface area (Å²) in [7, 11) is 0. The maximum Gasteiger partial charge on any atom is 0.101 e. The van der Waals surface area contributed by atoms with Crippen LogP contribution in [0.2, 0.25) is 5.02 Å². The van der Waals surface area contributed by atoms with Crippen LogP contribution in [0.5, 0.6) is 0 Å². The summed E-state index contributed by atoms with van der Waals surface area (Å²) in [5.74, 6) is 0.620. The smallest absolute Gasteiger partial charge is 0.101 e. The van der Waals surface area contributed by atoms with Gasteiger partial charge in [-0.05, 0) is 42.7 Å². The summed E-state index contributed by atoms with van der Waals surface area (Å²) in [5, 5.41) is 12.8. The third-order valence-corrected chi connectivity index (χ3v) is 4.40. The number of anilines is 2. The highest BCUT2D eigenvalue weighted by molar-refractivity contribution is 6.32. The van der Waals surface area contributed by atoms with Gasteiger partial charge in [-0.25, -0.2) is 0 Å². The van der Waals surface area contributed by atoms with Gasteiger partial charge in [0.15, 0.2) is 0 Å². The highest BCUT2D eigenvalue weighted by Crippen LogP contribution is 2.25. The van der Waals surface area contributed by atoms with E-state index in [1.807, 2.05) is 18.2 Å². The first kappa shape index (κ1) is 14.7. The highest BCUT2D eigenvalue weighted by atomic mass is 35.5. The standard InChI is InChI=1S/C18H18ClN3/c19-18-10-16(7-6-15(18)11-20)21-12-14-8-9-22(13-14)17-4-2-1-3-5-17/h1-7,10,14,21H,8-9,12-13H2. The number of para-hydroxylation sites is 1. The number of hydrogen-bond donors (Lipinski definition) is 1. The van der Waals surface area contributed by atoms with Crippen LogP contribution in [-0.2, 0) is 0 Å². The van der Waals surface area contributed by atoms with Gasteiger partial charge in [0, 0.05) is 31.0 Å². The first-order valence-electron chi connectivity index (χ1n) is 7.50. The van der Waals surface area contributed by atoms with Gasteiger partial charge in [-0.2, -0.15) is 5.26 Å². The molecule has 2 aromatic carbocycles. The predicted octanol–water partition coefficient (Wildman–Crippen LogP) is 4.15. The lowest BCUT2D eigenvalue weighted by Crippen LogP contribution is -2.22. The predicted molar refractivity (Wildman–Crippen MR) is 91.4 cm³/mol. The van der Waals surface area contributed by atoms with E-state index in [9.17, 15) is 0 Å². The van der Waals surface area contributed by atoms with Gasteiger partial charge in [-0.15, -0.1) is 0 Å². The molecule has 0 amide bonds. The van der Waals surface area contributed by atoms with Gasteiger partial charge in [-0.1, -0.05) is 29.8 Å². The van der Waals surface area contributed by atoms with Crippen molar-refractivity contribution < 1.29 is 0 Å². The summed E-state index contributed by atoms with van der Waals surface area (Å²) >= 11 is 6.06. The summed E-state index contributed by atoms with van der Waals surface area (Å²) in [4.78, 5) is 2.43. The zero-order valence-corrected chi connectivity index (χ0v) is 13.1. The Morgan fingerprint density at radius 1 is 1.23 bits per heavy atom. The van der Waals surface area contributed by atoms with Gasteiger partial charge in [0.2, 0.25) is 0 Å². The second-order valence-corrected chi connectivity index (χ2v) is 6.03. The Hall–Kier alpha value is -2.18. The fourth-order valence-electron chi connectivity index (χ4n) is 2.85.